The Morgan fingerprint density at radius 1 is 1.00 bits per heavy atom. The van der Waals surface area contributed by atoms with Gasteiger partial charge in [-0.1, -0.05) is 12.1 Å². The van der Waals surface area contributed by atoms with Crippen LogP contribution < -0.4 is 0 Å². The van der Waals surface area contributed by atoms with Gasteiger partial charge in [-0.2, -0.15) is 13.2 Å². The van der Waals surface area contributed by atoms with Crippen molar-refractivity contribution in [3.05, 3.63) is 89.0 Å². The van der Waals surface area contributed by atoms with E-state index in [0.717, 1.165) is 50.0 Å². The third-order valence-electron chi connectivity index (χ3n) is 7.37. The first-order chi connectivity index (χ1) is 17.8. The van der Waals surface area contributed by atoms with Crippen molar-refractivity contribution in [3.63, 3.8) is 0 Å². The molecule has 3 aromatic rings. The van der Waals surface area contributed by atoms with E-state index in [4.69, 9.17) is 4.74 Å². The van der Waals surface area contributed by atoms with E-state index in [-0.39, 0.29) is 11.5 Å². The second-order valence-corrected chi connectivity index (χ2v) is 9.66. The molecular formula is C27H28F3N5O2. The van der Waals surface area contributed by atoms with Crippen LogP contribution in [0, 0.1) is 17.8 Å². The number of rotatable bonds is 7. The van der Waals surface area contributed by atoms with Gasteiger partial charge < -0.3 is 14.5 Å². The fourth-order valence-electron chi connectivity index (χ4n) is 5.30. The molecule has 3 aromatic heterocycles. The van der Waals surface area contributed by atoms with Crippen molar-refractivity contribution < 1.29 is 22.7 Å². The number of likely N-dealkylation sites (tertiary alicyclic amines) is 1. The second-order valence-electron chi connectivity index (χ2n) is 9.66. The van der Waals surface area contributed by atoms with Crippen LogP contribution >= 0.6 is 0 Å². The number of carbonyl (C=O) groups is 1. The van der Waals surface area contributed by atoms with E-state index in [1.807, 2.05) is 0 Å². The molecule has 0 atom stereocenters. The van der Waals surface area contributed by atoms with Crippen LogP contribution in [0.2, 0.25) is 0 Å². The molecule has 0 unspecified atom stereocenters. The van der Waals surface area contributed by atoms with Crippen molar-refractivity contribution in [2.75, 3.05) is 33.2 Å². The van der Waals surface area contributed by atoms with E-state index in [2.05, 4.69) is 19.9 Å². The zero-order valence-electron chi connectivity index (χ0n) is 20.5. The Hall–Kier alpha value is -3.37. The maximum atomic E-state index is 13.5. The highest BCUT2D eigenvalue weighted by molar-refractivity contribution is 5.86. The van der Waals surface area contributed by atoms with E-state index in [9.17, 15) is 18.0 Å². The third-order valence-corrected chi connectivity index (χ3v) is 7.37. The summed E-state index contributed by atoms with van der Waals surface area (Å²) >= 11 is 0. The first kappa shape index (κ1) is 25.3. The van der Waals surface area contributed by atoms with Crippen LogP contribution in [-0.2, 0) is 21.7 Å². The Balaban J connectivity index is 1.17. The van der Waals surface area contributed by atoms with Gasteiger partial charge in [-0.05, 0) is 60.7 Å². The number of hydrogen-bond donors (Lipinski definition) is 0. The quantitative estimate of drug-likeness (QED) is 0.450. The molecule has 1 amide bonds. The molecule has 0 aromatic carbocycles. The highest BCUT2D eigenvalue weighted by Gasteiger charge is 2.43. The highest BCUT2D eigenvalue weighted by Crippen LogP contribution is 2.43. The number of pyridine rings is 3. The number of nitrogens with zero attached hydrogens (tertiary/aromatic N) is 5. The van der Waals surface area contributed by atoms with Gasteiger partial charge >= 0.3 is 0 Å². The Kier molecular flexibility index (Phi) is 7.21. The summed E-state index contributed by atoms with van der Waals surface area (Å²) < 4.78 is 46.4. The molecule has 5 heterocycles. The van der Waals surface area contributed by atoms with Gasteiger partial charge in [0.2, 0.25) is 23.8 Å². The number of amides is 1. The average molecular weight is 512 g/mol. The summed E-state index contributed by atoms with van der Waals surface area (Å²) in [6.45, 7) is 3.40. The molecule has 0 N–H and O–H groups in total. The van der Waals surface area contributed by atoms with Gasteiger partial charge in [-0.3, -0.25) is 4.79 Å². The topological polar surface area (TPSA) is 71.5 Å². The van der Waals surface area contributed by atoms with Crippen molar-refractivity contribution in [2.45, 2.75) is 37.4 Å². The Morgan fingerprint density at radius 3 is 2.22 bits per heavy atom. The number of piperidine rings is 1. The summed E-state index contributed by atoms with van der Waals surface area (Å²) in [4.78, 5) is 28.6. The molecule has 5 rings (SSSR count). The van der Waals surface area contributed by atoms with Crippen LogP contribution in [0.1, 0.15) is 47.4 Å². The van der Waals surface area contributed by atoms with E-state index >= 15 is 0 Å². The monoisotopic (exact) mass is 511 g/mol. The number of halogens is 3. The standard InChI is InChI=1S/C27H28F3N5O2/c1-34(26(36)25(18-3-5-22(28)31-14-18)19-4-6-23(29)32-15-19)9-2-10-35-11-7-27(8-12-35)21-16-33-24(30)13-20(21)17-37-27/h3-6,13-16,25H,2,7-12,17H2,1H3. The van der Waals surface area contributed by atoms with Crippen molar-refractivity contribution in [2.24, 2.45) is 0 Å². The van der Waals surface area contributed by atoms with Crippen LogP contribution in [-0.4, -0.2) is 63.9 Å². The van der Waals surface area contributed by atoms with Gasteiger partial charge in [0.25, 0.3) is 0 Å². The average Bonchev–Trinajstić information content (AvgIpc) is 3.24. The molecule has 2 aliphatic rings. The summed E-state index contributed by atoms with van der Waals surface area (Å²) in [6, 6.07) is 6.89. The second kappa shape index (κ2) is 10.5. The summed E-state index contributed by atoms with van der Waals surface area (Å²) in [7, 11) is 1.73. The van der Waals surface area contributed by atoms with Crippen LogP contribution in [0.5, 0.6) is 0 Å². The minimum absolute atomic E-state index is 0.199. The maximum absolute atomic E-state index is 13.5. The number of hydrogen-bond acceptors (Lipinski definition) is 6. The molecule has 1 spiro atoms. The lowest BCUT2D eigenvalue weighted by Gasteiger charge is -2.39. The molecule has 0 bridgehead atoms. The van der Waals surface area contributed by atoms with E-state index in [1.165, 1.54) is 42.7 Å². The summed E-state index contributed by atoms with van der Waals surface area (Å²) in [5.74, 6) is -2.73. The van der Waals surface area contributed by atoms with E-state index in [0.29, 0.717) is 24.3 Å². The number of likely N-dealkylation sites (N-methyl/N-ethyl adjacent to an activating group) is 1. The van der Waals surface area contributed by atoms with E-state index < -0.39 is 23.8 Å². The maximum Gasteiger partial charge on any atom is 0.234 e. The Labute approximate surface area is 213 Å². The van der Waals surface area contributed by atoms with Crippen molar-refractivity contribution in [1.29, 1.82) is 0 Å². The molecule has 0 saturated carbocycles. The van der Waals surface area contributed by atoms with E-state index in [1.54, 1.807) is 18.1 Å². The lowest BCUT2D eigenvalue weighted by molar-refractivity contribution is -0.130. The van der Waals surface area contributed by atoms with Gasteiger partial charge in [0.1, 0.15) is 0 Å². The number of aromatic nitrogens is 3. The highest BCUT2D eigenvalue weighted by atomic mass is 19.1. The normalized spacial score (nSPS) is 16.8. The zero-order chi connectivity index (χ0) is 26.0. The smallest absolute Gasteiger partial charge is 0.234 e. The molecular weight excluding hydrogens is 483 g/mol. The van der Waals surface area contributed by atoms with Crippen LogP contribution in [0.15, 0.2) is 48.9 Å². The molecule has 10 heteroatoms. The Morgan fingerprint density at radius 2 is 1.62 bits per heavy atom. The van der Waals surface area contributed by atoms with Crippen LogP contribution in [0.25, 0.3) is 0 Å². The summed E-state index contributed by atoms with van der Waals surface area (Å²) in [5.41, 5.74) is 2.51. The summed E-state index contributed by atoms with van der Waals surface area (Å²) in [6.07, 6.45) is 6.63. The minimum Gasteiger partial charge on any atom is -0.365 e. The molecule has 37 heavy (non-hydrogen) atoms. The molecule has 0 aliphatic carbocycles. The lowest BCUT2D eigenvalue weighted by atomic mass is 9.84. The minimum atomic E-state index is -0.765. The molecule has 1 fully saturated rings. The SMILES string of the molecule is CN(CCCN1CCC2(CC1)OCc1cc(F)ncc12)C(=O)C(c1ccc(F)nc1)c1ccc(F)nc1. The van der Waals surface area contributed by atoms with Gasteiger partial charge in [-0.15, -0.1) is 0 Å². The van der Waals surface area contributed by atoms with Crippen LogP contribution in [0.4, 0.5) is 13.2 Å². The third kappa shape index (κ3) is 5.35. The zero-order valence-corrected chi connectivity index (χ0v) is 20.5. The Bertz CT molecular complexity index is 1200. The molecule has 2 aliphatic heterocycles. The molecule has 194 valence electrons. The molecule has 0 radical (unpaired) electrons. The summed E-state index contributed by atoms with van der Waals surface area (Å²) in [5, 5.41) is 0. The van der Waals surface area contributed by atoms with Gasteiger partial charge in [-0.25, -0.2) is 15.0 Å². The molecule has 7 nitrogen and oxygen atoms in total. The first-order valence-corrected chi connectivity index (χ1v) is 12.3. The van der Waals surface area contributed by atoms with Gasteiger partial charge in [0.15, 0.2) is 0 Å². The first-order valence-electron chi connectivity index (χ1n) is 12.3. The van der Waals surface area contributed by atoms with Gasteiger partial charge in [0.05, 0.1) is 18.1 Å². The number of fused-ring (bicyclic) bond motifs is 2. The predicted octanol–water partition coefficient (Wildman–Crippen LogP) is 3.79. The predicted molar refractivity (Wildman–Crippen MR) is 129 cm³/mol. The van der Waals surface area contributed by atoms with Crippen LogP contribution in [0.3, 0.4) is 0 Å². The fourth-order valence-corrected chi connectivity index (χ4v) is 5.30. The van der Waals surface area contributed by atoms with Gasteiger partial charge in [0, 0.05) is 50.8 Å². The van der Waals surface area contributed by atoms with Crippen molar-refractivity contribution >= 4 is 5.91 Å². The van der Waals surface area contributed by atoms with Crippen molar-refractivity contribution in [3.8, 4) is 0 Å². The molecule has 1 saturated heterocycles. The van der Waals surface area contributed by atoms with Crippen molar-refractivity contribution in [1.82, 2.24) is 24.8 Å². The number of carbonyl (C=O) groups excluding carboxylic acids is 1. The number of ether oxygens (including phenoxy) is 1. The largest absolute Gasteiger partial charge is 0.365 e. The lowest BCUT2D eigenvalue weighted by Crippen LogP contribution is -2.43. The fraction of sp³-hybridized carbons (Fsp3) is 0.407.